The molecule has 1 aromatic carbocycles. The minimum atomic E-state index is -2.62. The Morgan fingerprint density at radius 1 is 1.35 bits per heavy atom. The predicted molar refractivity (Wildman–Crippen MR) is 60.1 cm³/mol. The SMILES string of the molecule is Cc1c(C(F)F)cccc1N(N)C(=O)N(C)N. The van der Waals surface area contributed by atoms with Gasteiger partial charge >= 0.3 is 6.03 Å². The van der Waals surface area contributed by atoms with E-state index in [1.807, 2.05) is 0 Å². The molecular formula is C10H14F2N4O. The maximum atomic E-state index is 12.7. The van der Waals surface area contributed by atoms with Gasteiger partial charge in [0.05, 0.1) is 5.69 Å². The second kappa shape index (κ2) is 5.07. The summed E-state index contributed by atoms with van der Waals surface area (Å²) in [5, 5.41) is 1.51. The van der Waals surface area contributed by atoms with Crippen molar-refractivity contribution >= 4 is 11.7 Å². The number of hydrogen-bond acceptors (Lipinski definition) is 3. The molecular weight excluding hydrogens is 230 g/mol. The maximum Gasteiger partial charge on any atom is 0.352 e. The number of anilines is 1. The Bertz CT molecular complexity index is 423. The topological polar surface area (TPSA) is 75.6 Å². The van der Waals surface area contributed by atoms with E-state index in [1.54, 1.807) is 0 Å². The monoisotopic (exact) mass is 244 g/mol. The van der Waals surface area contributed by atoms with Crippen LogP contribution in [-0.2, 0) is 0 Å². The lowest BCUT2D eigenvalue weighted by atomic mass is 10.1. The van der Waals surface area contributed by atoms with Crippen molar-refractivity contribution in [2.24, 2.45) is 11.7 Å². The minimum absolute atomic E-state index is 0.162. The number of hydrogen-bond donors (Lipinski definition) is 2. The zero-order valence-electron chi connectivity index (χ0n) is 9.52. The third kappa shape index (κ3) is 2.69. The minimum Gasteiger partial charge on any atom is -0.264 e. The molecule has 2 amide bonds. The highest BCUT2D eigenvalue weighted by Crippen LogP contribution is 2.28. The summed E-state index contributed by atoms with van der Waals surface area (Å²) in [6.45, 7) is 1.47. The van der Waals surface area contributed by atoms with Gasteiger partial charge in [-0.1, -0.05) is 12.1 Å². The molecule has 0 atom stereocenters. The Morgan fingerprint density at radius 3 is 2.41 bits per heavy atom. The Labute approximate surface area is 97.5 Å². The fourth-order valence-corrected chi connectivity index (χ4v) is 1.41. The van der Waals surface area contributed by atoms with E-state index in [0.29, 0.717) is 0 Å². The van der Waals surface area contributed by atoms with Gasteiger partial charge in [0.25, 0.3) is 6.43 Å². The number of benzene rings is 1. The zero-order chi connectivity index (χ0) is 13.2. The molecule has 0 aliphatic heterocycles. The molecule has 0 saturated carbocycles. The summed E-state index contributed by atoms with van der Waals surface area (Å²) in [6.07, 6.45) is -2.62. The van der Waals surface area contributed by atoms with Gasteiger partial charge in [-0.3, -0.25) is 5.01 Å². The van der Waals surface area contributed by atoms with Crippen LogP contribution in [0, 0.1) is 6.92 Å². The second-order valence-electron chi connectivity index (χ2n) is 3.56. The molecule has 0 radical (unpaired) electrons. The molecule has 0 heterocycles. The summed E-state index contributed by atoms with van der Waals surface area (Å²) >= 11 is 0. The van der Waals surface area contributed by atoms with Crippen molar-refractivity contribution in [2.45, 2.75) is 13.3 Å². The van der Waals surface area contributed by atoms with Crippen LogP contribution in [0.25, 0.3) is 0 Å². The van der Waals surface area contributed by atoms with E-state index < -0.39 is 12.5 Å². The van der Waals surface area contributed by atoms with Crippen LogP contribution in [0.1, 0.15) is 17.6 Å². The van der Waals surface area contributed by atoms with Gasteiger partial charge in [-0.05, 0) is 18.6 Å². The Balaban J connectivity index is 3.15. The van der Waals surface area contributed by atoms with Gasteiger partial charge in [-0.15, -0.1) is 0 Å². The summed E-state index contributed by atoms with van der Waals surface area (Å²) in [4.78, 5) is 11.5. The molecule has 0 aliphatic rings. The molecule has 0 bridgehead atoms. The van der Waals surface area contributed by atoms with Gasteiger partial charge in [0, 0.05) is 12.6 Å². The number of halogens is 2. The standard InChI is InChI=1S/C10H14F2N4O/c1-6-7(9(11)12)4-3-5-8(6)16(14)10(17)15(2)13/h3-5,9H,13-14H2,1-2H3. The van der Waals surface area contributed by atoms with Crippen molar-refractivity contribution in [1.29, 1.82) is 0 Å². The number of carbonyl (C=O) groups is 1. The number of nitrogens with zero attached hydrogens (tertiary/aromatic N) is 2. The molecule has 0 saturated heterocycles. The molecule has 0 spiro atoms. The lowest BCUT2D eigenvalue weighted by Gasteiger charge is -2.23. The van der Waals surface area contributed by atoms with E-state index in [4.69, 9.17) is 11.7 Å². The Kier molecular flexibility index (Phi) is 3.97. The fourth-order valence-electron chi connectivity index (χ4n) is 1.41. The van der Waals surface area contributed by atoms with E-state index in [0.717, 1.165) is 10.0 Å². The first kappa shape index (κ1) is 13.3. The molecule has 0 fully saturated rings. The molecule has 5 nitrogen and oxygen atoms in total. The van der Waals surface area contributed by atoms with Crippen LogP contribution in [0.5, 0.6) is 0 Å². The van der Waals surface area contributed by atoms with Crippen LogP contribution < -0.4 is 16.7 Å². The van der Waals surface area contributed by atoms with Gasteiger partial charge in [-0.25, -0.2) is 30.3 Å². The number of alkyl halides is 2. The normalized spacial score (nSPS) is 10.5. The van der Waals surface area contributed by atoms with E-state index in [2.05, 4.69) is 0 Å². The summed E-state index contributed by atoms with van der Waals surface area (Å²) < 4.78 is 25.3. The molecule has 7 heteroatoms. The van der Waals surface area contributed by atoms with E-state index in [1.165, 1.54) is 32.2 Å². The second-order valence-corrected chi connectivity index (χ2v) is 3.56. The molecule has 0 unspecified atom stereocenters. The molecule has 0 aromatic heterocycles. The Hall–Kier alpha value is -1.73. The number of nitrogens with two attached hydrogens (primary N) is 2. The van der Waals surface area contributed by atoms with Gasteiger partial charge < -0.3 is 0 Å². The van der Waals surface area contributed by atoms with E-state index >= 15 is 0 Å². The van der Waals surface area contributed by atoms with Gasteiger partial charge in [-0.2, -0.15) is 0 Å². The first-order valence-corrected chi connectivity index (χ1v) is 4.81. The summed E-state index contributed by atoms with van der Waals surface area (Å²) in [7, 11) is 1.31. The van der Waals surface area contributed by atoms with Crippen molar-refractivity contribution in [3.8, 4) is 0 Å². The lowest BCUT2D eigenvalue weighted by Crippen LogP contribution is -2.48. The van der Waals surface area contributed by atoms with Crippen LogP contribution in [0.2, 0.25) is 0 Å². The number of urea groups is 1. The van der Waals surface area contributed by atoms with Crippen molar-refractivity contribution < 1.29 is 13.6 Å². The average molecular weight is 244 g/mol. The molecule has 4 N–H and O–H groups in total. The average Bonchev–Trinajstić information content (AvgIpc) is 2.26. The van der Waals surface area contributed by atoms with Gasteiger partial charge in [0.2, 0.25) is 0 Å². The van der Waals surface area contributed by atoms with Gasteiger partial charge in [0.1, 0.15) is 0 Å². The quantitative estimate of drug-likeness (QED) is 0.470. The van der Waals surface area contributed by atoms with Crippen LogP contribution in [0.3, 0.4) is 0 Å². The largest absolute Gasteiger partial charge is 0.352 e. The van der Waals surface area contributed by atoms with Crippen LogP contribution in [0.15, 0.2) is 18.2 Å². The van der Waals surface area contributed by atoms with Crippen LogP contribution in [0.4, 0.5) is 19.3 Å². The molecule has 1 aromatic rings. The number of carbonyl (C=O) groups excluding carboxylic acids is 1. The summed E-state index contributed by atoms with van der Waals surface area (Å²) in [6, 6.07) is 3.48. The number of rotatable bonds is 2. The van der Waals surface area contributed by atoms with E-state index in [-0.39, 0.29) is 16.8 Å². The number of hydrazine groups is 2. The number of amides is 2. The van der Waals surface area contributed by atoms with Crippen LogP contribution >= 0.6 is 0 Å². The first-order valence-electron chi connectivity index (χ1n) is 4.81. The third-order valence-corrected chi connectivity index (χ3v) is 2.35. The smallest absolute Gasteiger partial charge is 0.264 e. The summed E-state index contributed by atoms with van der Waals surface area (Å²) in [5.41, 5.74) is 0.288. The van der Waals surface area contributed by atoms with Crippen molar-refractivity contribution in [3.63, 3.8) is 0 Å². The fraction of sp³-hybridized carbons (Fsp3) is 0.300. The van der Waals surface area contributed by atoms with Gasteiger partial charge in [0.15, 0.2) is 0 Å². The highest BCUT2D eigenvalue weighted by Gasteiger charge is 2.19. The molecule has 0 aliphatic carbocycles. The highest BCUT2D eigenvalue weighted by molar-refractivity contribution is 5.91. The Morgan fingerprint density at radius 2 is 1.94 bits per heavy atom. The van der Waals surface area contributed by atoms with Crippen molar-refractivity contribution in [2.75, 3.05) is 12.1 Å². The zero-order valence-corrected chi connectivity index (χ0v) is 9.52. The molecule has 94 valence electrons. The highest BCUT2D eigenvalue weighted by atomic mass is 19.3. The maximum absolute atomic E-state index is 12.7. The predicted octanol–water partition coefficient (Wildman–Crippen LogP) is 1.54. The van der Waals surface area contributed by atoms with Crippen molar-refractivity contribution in [3.05, 3.63) is 29.3 Å². The summed E-state index contributed by atoms with van der Waals surface area (Å²) in [5.74, 6) is 10.8. The first-order chi connectivity index (χ1) is 7.86. The molecule has 1 rings (SSSR count). The van der Waals surface area contributed by atoms with Crippen LogP contribution in [-0.4, -0.2) is 18.1 Å². The van der Waals surface area contributed by atoms with E-state index in [9.17, 15) is 13.6 Å². The molecule has 17 heavy (non-hydrogen) atoms. The van der Waals surface area contributed by atoms with Crippen molar-refractivity contribution in [1.82, 2.24) is 5.01 Å². The lowest BCUT2D eigenvalue weighted by molar-refractivity contribution is 0.150. The third-order valence-electron chi connectivity index (χ3n) is 2.35.